The molecular formula is C13H13ClN4O. The number of phenolic OH excluding ortho intramolecular Hbond substituents is 1. The lowest BCUT2D eigenvalue weighted by Gasteiger charge is -2.10. The predicted octanol–water partition coefficient (Wildman–Crippen LogP) is 2.22. The SMILES string of the molecule is Cn1c(Cl)cnc1[C@H]1CC(c2ccccc2O)=NN1. The lowest BCUT2D eigenvalue weighted by Crippen LogP contribution is -2.15. The highest BCUT2D eigenvalue weighted by molar-refractivity contribution is 6.29. The number of benzene rings is 1. The molecule has 1 aliphatic heterocycles. The molecule has 0 aliphatic carbocycles. The molecule has 98 valence electrons. The Morgan fingerprint density at radius 1 is 1.42 bits per heavy atom. The van der Waals surface area contributed by atoms with Crippen LogP contribution in [-0.2, 0) is 7.05 Å². The number of para-hydroxylation sites is 1. The monoisotopic (exact) mass is 276 g/mol. The second kappa shape index (κ2) is 4.59. The van der Waals surface area contributed by atoms with Gasteiger partial charge in [-0.1, -0.05) is 23.7 Å². The molecule has 1 aromatic heterocycles. The van der Waals surface area contributed by atoms with Gasteiger partial charge in [-0.25, -0.2) is 4.98 Å². The summed E-state index contributed by atoms with van der Waals surface area (Å²) in [5, 5.41) is 14.7. The maximum absolute atomic E-state index is 9.84. The van der Waals surface area contributed by atoms with E-state index in [0.29, 0.717) is 11.6 Å². The molecule has 0 saturated carbocycles. The second-order valence-corrected chi connectivity index (χ2v) is 4.85. The van der Waals surface area contributed by atoms with E-state index in [1.807, 2.05) is 23.7 Å². The third-order valence-electron chi connectivity index (χ3n) is 3.25. The van der Waals surface area contributed by atoms with Crippen LogP contribution in [0.5, 0.6) is 5.75 Å². The molecule has 2 aromatic rings. The standard InChI is InChI=1S/C13H13ClN4O/c1-18-12(14)7-15-13(18)10-6-9(16-17-10)8-4-2-3-5-11(8)19/h2-5,7,10,17,19H,6H2,1H3/t10-/m1/s1. The molecule has 1 aliphatic rings. The third kappa shape index (κ3) is 2.06. The number of imidazole rings is 1. The van der Waals surface area contributed by atoms with Crippen LogP contribution < -0.4 is 5.43 Å². The van der Waals surface area contributed by atoms with Crippen molar-refractivity contribution in [2.75, 3.05) is 0 Å². The molecule has 5 nitrogen and oxygen atoms in total. The topological polar surface area (TPSA) is 62.4 Å². The molecule has 0 bridgehead atoms. The minimum atomic E-state index is -0.0212. The summed E-state index contributed by atoms with van der Waals surface area (Å²) in [5.41, 5.74) is 4.61. The molecule has 0 amide bonds. The van der Waals surface area contributed by atoms with E-state index < -0.39 is 0 Å². The first-order valence-corrected chi connectivity index (χ1v) is 6.32. The minimum absolute atomic E-state index is 0.0212. The van der Waals surface area contributed by atoms with Crippen molar-refractivity contribution in [3.05, 3.63) is 47.0 Å². The molecule has 2 N–H and O–H groups in total. The molecule has 0 unspecified atom stereocenters. The van der Waals surface area contributed by atoms with Crippen LogP contribution in [0.2, 0.25) is 5.15 Å². The number of rotatable bonds is 2. The van der Waals surface area contributed by atoms with Crippen molar-refractivity contribution < 1.29 is 5.11 Å². The van der Waals surface area contributed by atoms with Crippen molar-refractivity contribution in [3.8, 4) is 5.75 Å². The Morgan fingerprint density at radius 2 is 2.21 bits per heavy atom. The highest BCUT2D eigenvalue weighted by atomic mass is 35.5. The van der Waals surface area contributed by atoms with Crippen molar-refractivity contribution in [2.45, 2.75) is 12.5 Å². The van der Waals surface area contributed by atoms with Crippen molar-refractivity contribution in [1.82, 2.24) is 15.0 Å². The Labute approximate surface area is 115 Å². The van der Waals surface area contributed by atoms with Gasteiger partial charge in [0.15, 0.2) is 0 Å². The zero-order chi connectivity index (χ0) is 13.4. The molecule has 1 aromatic carbocycles. The maximum atomic E-state index is 9.84. The summed E-state index contributed by atoms with van der Waals surface area (Å²) in [6.07, 6.45) is 2.29. The van der Waals surface area contributed by atoms with Crippen molar-refractivity contribution >= 4 is 17.3 Å². The quantitative estimate of drug-likeness (QED) is 0.884. The summed E-state index contributed by atoms with van der Waals surface area (Å²) in [7, 11) is 1.87. The van der Waals surface area contributed by atoms with E-state index in [-0.39, 0.29) is 11.8 Å². The number of phenols is 1. The van der Waals surface area contributed by atoms with Gasteiger partial charge in [-0.2, -0.15) is 5.10 Å². The smallest absolute Gasteiger partial charge is 0.134 e. The highest BCUT2D eigenvalue weighted by Gasteiger charge is 2.26. The number of aromatic nitrogens is 2. The number of nitrogens with one attached hydrogen (secondary N) is 1. The Balaban J connectivity index is 1.84. The summed E-state index contributed by atoms with van der Waals surface area (Å²) in [4.78, 5) is 4.28. The van der Waals surface area contributed by atoms with E-state index in [2.05, 4.69) is 15.5 Å². The lowest BCUT2D eigenvalue weighted by molar-refractivity contribution is 0.474. The van der Waals surface area contributed by atoms with Crippen LogP contribution in [0.25, 0.3) is 0 Å². The zero-order valence-electron chi connectivity index (χ0n) is 10.3. The molecule has 0 fully saturated rings. The third-order valence-corrected chi connectivity index (χ3v) is 3.60. The van der Waals surface area contributed by atoms with Crippen LogP contribution in [-0.4, -0.2) is 20.4 Å². The average Bonchev–Trinajstić information content (AvgIpc) is 2.99. The van der Waals surface area contributed by atoms with Gasteiger partial charge in [0.1, 0.15) is 22.8 Å². The Kier molecular flexibility index (Phi) is 2.91. The van der Waals surface area contributed by atoms with Gasteiger partial charge in [-0.15, -0.1) is 0 Å². The first-order chi connectivity index (χ1) is 9.16. The maximum Gasteiger partial charge on any atom is 0.134 e. The average molecular weight is 277 g/mol. The Bertz CT molecular complexity index is 650. The van der Waals surface area contributed by atoms with Crippen molar-refractivity contribution in [1.29, 1.82) is 0 Å². The van der Waals surface area contributed by atoms with E-state index in [9.17, 15) is 5.11 Å². The number of hydrogen-bond donors (Lipinski definition) is 2. The second-order valence-electron chi connectivity index (χ2n) is 4.46. The van der Waals surface area contributed by atoms with Crippen molar-refractivity contribution in [3.63, 3.8) is 0 Å². The normalized spacial score (nSPS) is 18.2. The number of halogens is 1. The number of hydrazone groups is 1. The van der Waals surface area contributed by atoms with Crippen LogP contribution >= 0.6 is 11.6 Å². The van der Waals surface area contributed by atoms with Gasteiger partial charge in [0.2, 0.25) is 0 Å². The van der Waals surface area contributed by atoms with Gasteiger partial charge < -0.3 is 9.67 Å². The first kappa shape index (κ1) is 12.0. The summed E-state index contributed by atoms with van der Waals surface area (Å²) < 4.78 is 1.82. The lowest BCUT2D eigenvalue weighted by atomic mass is 10.0. The number of hydrogen-bond acceptors (Lipinski definition) is 4. The molecule has 6 heteroatoms. The number of aromatic hydroxyl groups is 1. The summed E-state index contributed by atoms with van der Waals surface area (Å²) in [6, 6.07) is 7.15. The van der Waals surface area contributed by atoms with Crippen LogP contribution in [0.3, 0.4) is 0 Å². The zero-order valence-corrected chi connectivity index (χ0v) is 11.1. The largest absolute Gasteiger partial charge is 0.507 e. The fraction of sp³-hybridized carbons (Fsp3) is 0.231. The van der Waals surface area contributed by atoms with E-state index >= 15 is 0 Å². The van der Waals surface area contributed by atoms with Crippen molar-refractivity contribution in [2.24, 2.45) is 12.1 Å². The number of nitrogens with zero attached hydrogens (tertiary/aromatic N) is 3. The van der Waals surface area contributed by atoms with Gasteiger partial charge >= 0.3 is 0 Å². The fourth-order valence-electron chi connectivity index (χ4n) is 2.20. The highest BCUT2D eigenvalue weighted by Crippen LogP contribution is 2.28. The van der Waals surface area contributed by atoms with Crippen LogP contribution in [0, 0.1) is 0 Å². The van der Waals surface area contributed by atoms with Gasteiger partial charge in [0, 0.05) is 19.0 Å². The molecule has 3 rings (SSSR count). The molecule has 0 saturated heterocycles. The van der Waals surface area contributed by atoms with E-state index in [0.717, 1.165) is 17.1 Å². The van der Waals surface area contributed by atoms with Crippen LogP contribution in [0.4, 0.5) is 0 Å². The fourth-order valence-corrected chi connectivity index (χ4v) is 2.34. The van der Waals surface area contributed by atoms with Gasteiger partial charge in [-0.05, 0) is 12.1 Å². The molecule has 0 radical (unpaired) electrons. The molecule has 1 atom stereocenters. The van der Waals surface area contributed by atoms with Gasteiger partial charge in [-0.3, -0.25) is 5.43 Å². The van der Waals surface area contributed by atoms with E-state index in [1.54, 1.807) is 18.3 Å². The molecule has 19 heavy (non-hydrogen) atoms. The molecule has 2 heterocycles. The van der Waals surface area contributed by atoms with Crippen LogP contribution in [0.15, 0.2) is 35.6 Å². The first-order valence-electron chi connectivity index (χ1n) is 5.94. The van der Waals surface area contributed by atoms with Gasteiger partial charge in [0.05, 0.1) is 11.9 Å². The van der Waals surface area contributed by atoms with Gasteiger partial charge in [0.25, 0.3) is 0 Å². The van der Waals surface area contributed by atoms with E-state index in [4.69, 9.17) is 11.6 Å². The van der Waals surface area contributed by atoms with E-state index in [1.165, 1.54) is 0 Å². The van der Waals surface area contributed by atoms with Crippen LogP contribution in [0.1, 0.15) is 23.9 Å². The molecular weight excluding hydrogens is 264 g/mol. The predicted molar refractivity (Wildman–Crippen MR) is 73.4 cm³/mol. The minimum Gasteiger partial charge on any atom is -0.507 e. The summed E-state index contributed by atoms with van der Waals surface area (Å²) in [6.45, 7) is 0. The molecule has 0 spiro atoms. The summed E-state index contributed by atoms with van der Waals surface area (Å²) in [5.74, 6) is 1.07. The Morgan fingerprint density at radius 3 is 2.89 bits per heavy atom. The summed E-state index contributed by atoms with van der Waals surface area (Å²) >= 11 is 5.98. The Hall–Kier alpha value is -2.01.